The first kappa shape index (κ1) is 14.5. The van der Waals surface area contributed by atoms with Gasteiger partial charge in [0.15, 0.2) is 0 Å². The number of amides is 2. The lowest BCUT2D eigenvalue weighted by atomic mass is 10.0. The fourth-order valence-corrected chi connectivity index (χ4v) is 2.15. The van der Waals surface area contributed by atoms with Crippen LogP contribution in [-0.2, 0) is 20.7 Å². The van der Waals surface area contributed by atoms with Crippen LogP contribution in [0.4, 0.5) is 4.39 Å². The van der Waals surface area contributed by atoms with Gasteiger partial charge in [-0.1, -0.05) is 12.1 Å². The van der Waals surface area contributed by atoms with E-state index in [4.69, 9.17) is 10.5 Å². The van der Waals surface area contributed by atoms with Crippen LogP contribution in [0.25, 0.3) is 0 Å². The molecule has 0 radical (unpaired) electrons. The Balaban J connectivity index is 2.00. The number of benzene rings is 1. The average molecular weight is 280 g/mol. The zero-order valence-corrected chi connectivity index (χ0v) is 11.0. The van der Waals surface area contributed by atoms with Gasteiger partial charge in [0.1, 0.15) is 11.9 Å². The molecule has 0 aliphatic carbocycles. The molecule has 1 heterocycles. The van der Waals surface area contributed by atoms with Crippen molar-refractivity contribution in [3.05, 3.63) is 35.6 Å². The van der Waals surface area contributed by atoms with E-state index in [9.17, 15) is 14.0 Å². The third-order valence-corrected chi connectivity index (χ3v) is 3.29. The van der Waals surface area contributed by atoms with Gasteiger partial charge in [0.2, 0.25) is 11.8 Å². The number of carbonyl (C=O) groups is 2. The van der Waals surface area contributed by atoms with Gasteiger partial charge in [0.05, 0.1) is 12.5 Å². The Kier molecular flexibility index (Phi) is 4.68. The van der Waals surface area contributed by atoms with Gasteiger partial charge in [-0.2, -0.15) is 0 Å². The van der Waals surface area contributed by atoms with Crippen molar-refractivity contribution < 1.29 is 18.7 Å². The number of carbonyl (C=O) groups excluding carboxylic acids is 2. The SMILES string of the molecule is NC(=O)[C@H](Cc1cccc(F)c1)NC(=O)[C@@H]1CCOC1. The summed E-state index contributed by atoms with van der Waals surface area (Å²) in [4.78, 5) is 23.4. The third-order valence-electron chi connectivity index (χ3n) is 3.29. The average Bonchev–Trinajstić information content (AvgIpc) is 2.91. The quantitative estimate of drug-likeness (QED) is 0.818. The normalized spacial score (nSPS) is 19.6. The van der Waals surface area contributed by atoms with Crippen molar-refractivity contribution in [1.82, 2.24) is 5.32 Å². The zero-order valence-electron chi connectivity index (χ0n) is 11.0. The highest BCUT2D eigenvalue weighted by atomic mass is 19.1. The minimum absolute atomic E-state index is 0.173. The first-order valence-corrected chi connectivity index (χ1v) is 6.48. The molecule has 1 saturated heterocycles. The molecule has 0 saturated carbocycles. The van der Waals surface area contributed by atoms with E-state index in [0.717, 1.165) is 0 Å². The molecule has 0 aromatic heterocycles. The number of nitrogens with two attached hydrogens (primary N) is 1. The summed E-state index contributed by atoms with van der Waals surface area (Å²) in [6.45, 7) is 0.903. The number of nitrogens with one attached hydrogen (secondary N) is 1. The highest BCUT2D eigenvalue weighted by molar-refractivity contribution is 5.87. The second-order valence-electron chi connectivity index (χ2n) is 4.86. The second kappa shape index (κ2) is 6.47. The molecule has 1 aromatic carbocycles. The first-order chi connectivity index (χ1) is 9.56. The van der Waals surface area contributed by atoms with Crippen molar-refractivity contribution in [2.75, 3.05) is 13.2 Å². The van der Waals surface area contributed by atoms with Gasteiger partial charge in [-0.05, 0) is 24.1 Å². The Morgan fingerprint density at radius 2 is 2.30 bits per heavy atom. The Morgan fingerprint density at radius 1 is 1.50 bits per heavy atom. The van der Waals surface area contributed by atoms with Gasteiger partial charge in [-0.15, -0.1) is 0 Å². The van der Waals surface area contributed by atoms with E-state index < -0.39 is 11.9 Å². The molecule has 3 N–H and O–H groups in total. The van der Waals surface area contributed by atoms with Gasteiger partial charge < -0.3 is 15.8 Å². The third kappa shape index (κ3) is 3.77. The van der Waals surface area contributed by atoms with E-state index in [1.54, 1.807) is 12.1 Å². The maximum absolute atomic E-state index is 13.1. The van der Waals surface area contributed by atoms with Gasteiger partial charge in [-0.3, -0.25) is 9.59 Å². The van der Waals surface area contributed by atoms with E-state index in [0.29, 0.717) is 25.2 Å². The van der Waals surface area contributed by atoms with E-state index in [2.05, 4.69) is 5.32 Å². The highest BCUT2D eigenvalue weighted by Gasteiger charge is 2.27. The first-order valence-electron chi connectivity index (χ1n) is 6.48. The fourth-order valence-electron chi connectivity index (χ4n) is 2.15. The number of primary amides is 1. The molecule has 108 valence electrons. The van der Waals surface area contributed by atoms with Crippen molar-refractivity contribution in [3.63, 3.8) is 0 Å². The Bertz CT molecular complexity index is 501. The standard InChI is InChI=1S/C14H17FN2O3/c15-11-3-1-2-9(6-11)7-12(13(16)18)17-14(19)10-4-5-20-8-10/h1-3,6,10,12H,4-5,7-8H2,(H2,16,18)(H,17,19)/t10-,12+/m1/s1. The molecule has 0 bridgehead atoms. The van der Waals surface area contributed by atoms with Crippen LogP contribution in [0, 0.1) is 11.7 Å². The Hall–Kier alpha value is -1.95. The molecule has 1 aliphatic heterocycles. The maximum Gasteiger partial charge on any atom is 0.240 e. The lowest BCUT2D eigenvalue weighted by Crippen LogP contribution is -2.48. The molecule has 20 heavy (non-hydrogen) atoms. The van der Waals surface area contributed by atoms with Crippen molar-refractivity contribution >= 4 is 11.8 Å². The van der Waals surface area contributed by atoms with Crippen LogP contribution in [-0.4, -0.2) is 31.1 Å². The van der Waals surface area contributed by atoms with Crippen LogP contribution in [0.5, 0.6) is 0 Å². The van der Waals surface area contributed by atoms with E-state index in [-0.39, 0.29) is 24.1 Å². The molecule has 5 nitrogen and oxygen atoms in total. The van der Waals surface area contributed by atoms with Gasteiger partial charge in [0, 0.05) is 13.0 Å². The minimum Gasteiger partial charge on any atom is -0.381 e. The number of rotatable bonds is 5. The number of halogens is 1. The summed E-state index contributed by atoms with van der Waals surface area (Å²) in [5.41, 5.74) is 5.90. The van der Waals surface area contributed by atoms with Gasteiger partial charge >= 0.3 is 0 Å². The Morgan fingerprint density at radius 3 is 2.90 bits per heavy atom. The molecule has 2 atom stereocenters. The van der Waals surface area contributed by atoms with Crippen molar-refractivity contribution in [1.29, 1.82) is 0 Å². The van der Waals surface area contributed by atoms with E-state index >= 15 is 0 Å². The summed E-state index contributed by atoms with van der Waals surface area (Å²) in [5.74, 6) is -1.52. The van der Waals surface area contributed by atoms with Crippen LogP contribution in [0.1, 0.15) is 12.0 Å². The van der Waals surface area contributed by atoms with Crippen LogP contribution in [0.3, 0.4) is 0 Å². The van der Waals surface area contributed by atoms with E-state index in [1.807, 2.05) is 0 Å². The monoisotopic (exact) mass is 280 g/mol. The molecule has 0 spiro atoms. The van der Waals surface area contributed by atoms with Crippen LogP contribution < -0.4 is 11.1 Å². The van der Waals surface area contributed by atoms with Crippen molar-refractivity contribution in [2.45, 2.75) is 18.9 Å². The molecule has 1 aliphatic rings. The Labute approximate surface area is 116 Å². The summed E-state index contributed by atoms with van der Waals surface area (Å²) in [6.07, 6.45) is 0.809. The largest absolute Gasteiger partial charge is 0.381 e. The summed E-state index contributed by atoms with van der Waals surface area (Å²) in [7, 11) is 0. The van der Waals surface area contributed by atoms with Crippen LogP contribution in [0.2, 0.25) is 0 Å². The molecular formula is C14H17FN2O3. The van der Waals surface area contributed by atoms with Crippen LogP contribution in [0.15, 0.2) is 24.3 Å². The number of hydrogen-bond donors (Lipinski definition) is 2. The fraction of sp³-hybridized carbons (Fsp3) is 0.429. The topological polar surface area (TPSA) is 81.4 Å². The molecule has 6 heteroatoms. The molecular weight excluding hydrogens is 263 g/mol. The highest BCUT2D eigenvalue weighted by Crippen LogP contribution is 2.13. The summed E-state index contributed by atoms with van der Waals surface area (Å²) >= 11 is 0. The lowest BCUT2D eigenvalue weighted by molar-refractivity contribution is -0.129. The van der Waals surface area contributed by atoms with E-state index in [1.165, 1.54) is 12.1 Å². The van der Waals surface area contributed by atoms with Crippen molar-refractivity contribution in [3.8, 4) is 0 Å². The molecule has 0 unspecified atom stereocenters. The predicted molar refractivity (Wildman–Crippen MR) is 70.2 cm³/mol. The summed E-state index contributed by atoms with van der Waals surface area (Å²) in [5, 5.41) is 2.61. The molecule has 2 rings (SSSR count). The second-order valence-corrected chi connectivity index (χ2v) is 4.86. The van der Waals surface area contributed by atoms with Crippen molar-refractivity contribution in [2.24, 2.45) is 11.7 Å². The van der Waals surface area contributed by atoms with Gasteiger partial charge in [0.25, 0.3) is 0 Å². The number of ether oxygens (including phenoxy) is 1. The zero-order chi connectivity index (χ0) is 14.5. The van der Waals surface area contributed by atoms with Gasteiger partial charge in [-0.25, -0.2) is 4.39 Å². The molecule has 1 fully saturated rings. The van der Waals surface area contributed by atoms with Crippen LogP contribution >= 0.6 is 0 Å². The molecule has 2 amide bonds. The summed E-state index contributed by atoms with van der Waals surface area (Å²) < 4.78 is 18.2. The molecule has 1 aromatic rings. The predicted octanol–water partition coefficient (Wildman–Crippen LogP) is 0.375. The smallest absolute Gasteiger partial charge is 0.240 e. The summed E-state index contributed by atoms with van der Waals surface area (Å²) in [6, 6.07) is 5.03. The maximum atomic E-state index is 13.1. The lowest BCUT2D eigenvalue weighted by Gasteiger charge is -2.17. The number of hydrogen-bond acceptors (Lipinski definition) is 3. The minimum atomic E-state index is -0.843.